The van der Waals surface area contributed by atoms with Gasteiger partial charge in [0.15, 0.2) is 18.4 Å². The summed E-state index contributed by atoms with van der Waals surface area (Å²) in [5.74, 6) is -6.16. The Hall–Kier alpha value is -5.68. The zero-order chi connectivity index (χ0) is 45.1. The Morgan fingerprint density at radius 1 is 0.852 bits per heavy atom. The highest BCUT2D eigenvalue weighted by Crippen LogP contribution is 2.27. The molecule has 2 aromatic rings. The van der Waals surface area contributed by atoms with Gasteiger partial charge < -0.3 is 59.4 Å². The standard InChI is InChI=1S/C39H57N7O15/c1-23(47)42-35-37(60-26(4)50)36(59-25(3)49)31(22-58-24(2)48)61-39(35)44-33(52)20-29(38(55)41-13-16-57-18-17-56-15-12-34(53)54)43-32(51)11-14-46-28(21-45(6)40-5)19-27-9-7-8-10-30(27)46/h7-10,19,29,31,35-37,39-40H,11-18,20-22H2,1-6H3,(H,41,55)(H,42,47)(H,43,51)(H,44,52)(H,53,54). The Morgan fingerprint density at radius 3 is 2.16 bits per heavy atom. The van der Waals surface area contributed by atoms with Gasteiger partial charge in [-0.15, -0.1) is 0 Å². The molecular weight excluding hydrogens is 806 g/mol. The van der Waals surface area contributed by atoms with Gasteiger partial charge in [0.2, 0.25) is 23.6 Å². The molecule has 1 aromatic carbocycles. The van der Waals surface area contributed by atoms with Crippen LogP contribution in [0.4, 0.5) is 0 Å². The molecule has 0 aliphatic carbocycles. The number of aryl methyl sites for hydroxylation is 1. The number of hydrogen-bond acceptors (Lipinski definition) is 16. The number of carbonyl (C=O) groups is 8. The second-order valence-electron chi connectivity index (χ2n) is 14.0. The van der Waals surface area contributed by atoms with E-state index in [4.69, 9.17) is 33.5 Å². The highest BCUT2D eigenvalue weighted by Gasteiger charge is 2.51. The highest BCUT2D eigenvalue weighted by atomic mass is 16.6. The number of aromatic nitrogens is 1. The van der Waals surface area contributed by atoms with E-state index in [1.807, 2.05) is 47.0 Å². The first-order valence-corrected chi connectivity index (χ1v) is 19.6. The molecule has 338 valence electrons. The first-order chi connectivity index (χ1) is 29.0. The molecule has 1 aromatic heterocycles. The summed E-state index contributed by atoms with van der Waals surface area (Å²) in [6.45, 7) is 4.90. The third-order valence-electron chi connectivity index (χ3n) is 9.08. The molecule has 3 rings (SSSR count). The number of carboxylic acid groups (broad SMARTS) is 1. The van der Waals surface area contributed by atoms with Gasteiger partial charge in [0, 0.05) is 65.5 Å². The summed E-state index contributed by atoms with van der Waals surface area (Å²) < 4.78 is 34.6. The molecule has 61 heavy (non-hydrogen) atoms. The van der Waals surface area contributed by atoms with Crippen molar-refractivity contribution < 1.29 is 71.9 Å². The number of carboxylic acids is 1. The number of nitrogens with one attached hydrogen (secondary N) is 5. The first-order valence-electron chi connectivity index (χ1n) is 19.6. The molecule has 0 spiro atoms. The van der Waals surface area contributed by atoms with E-state index >= 15 is 0 Å². The smallest absolute Gasteiger partial charge is 0.305 e. The summed E-state index contributed by atoms with van der Waals surface area (Å²) in [4.78, 5) is 100. The van der Waals surface area contributed by atoms with E-state index in [1.165, 1.54) is 0 Å². The maximum Gasteiger partial charge on any atom is 0.305 e. The Morgan fingerprint density at radius 2 is 1.52 bits per heavy atom. The van der Waals surface area contributed by atoms with E-state index in [1.54, 1.807) is 7.05 Å². The summed E-state index contributed by atoms with van der Waals surface area (Å²) in [5.41, 5.74) is 4.87. The van der Waals surface area contributed by atoms with Crippen LogP contribution in [0.3, 0.4) is 0 Å². The van der Waals surface area contributed by atoms with Crippen LogP contribution in [0.15, 0.2) is 30.3 Å². The van der Waals surface area contributed by atoms with Crippen LogP contribution in [-0.4, -0.2) is 152 Å². The number of esters is 3. The van der Waals surface area contributed by atoms with Gasteiger partial charge in [-0.25, -0.2) is 5.01 Å². The summed E-state index contributed by atoms with van der Waals surface area (Å²) >= 11 is 0. The Balaban J connectivity index is 1.82. The van der Waals surface area contributed by atoms with Crippen molar-refractivity contribution in [3.8, 4) is 0 Å². The molecule has 0 bridgehead atoms. The molecule has 1 aliphatic heterocycles. The number of fused-ring (bicyclic) bond motifs is 1. The van der Waals surface area contributed by atoms with E-state index in [9.17, 15) is 38.4 Å². The average Bonchev–Trinajstić information content (AvgIpc) is 3.53. The van der Waals surface area contributed by atoms with Crippen molar-refractivity contribution in [3.63, 3.8) is 0 Å². The molecule has 4 amide bonds. The minimum Gasteiger partial charge on any atom is -0.481 e. The number of carbonyl (C=O) groups excluding carboxylic acids is 7. The predicted molar refractivity (Wildman–Crippen MR) is 213 cm³/mol. The van der Waals surface area contributed by atoms with Crippen molar-refractivity contribution in [1.82, 2.24) is 36.3 Å². The van der Waals surface area contributed by atoms with Crippen LogP contribution in [0.1, 0.15) is 52.7 Å². The number of aliphatic carboxylic acids is 1. The third kappa shape index (κ3) is 17.1. The third-order valence-corrected chi connectivity index (χ3v) is 9.08. The fourth-order valence-electron chi connectivity index (χ4n) is 6.38. The van der Waals surface area contributed by atoms with Crippen molar-refractivity contribution in [3.05, 3.63) is 36.0 Å². The molecule has 1 aliphatic rings. The minimum absolute atomic E-state index is 0.00915. The second kappa shape index (κ2) is 25.2. The largest absolute Gasteiger partial charge is 0.481 e. The van der Waals surface area contributed by atoms with Gasteiger partial charge in [0.05, 0.1) is 45.8 Å². The highest BCUT2D eigenvalue weighted by molar-refractivity contribution is 5.92. The Kier molecular flexibility index (Phi) is 20.5. The Bertz CT molecular complexity index is 1840. The van der Waals surface area contributed by atoms with Crippen molar-refractivity contribution in [1.29, 1.82) is 0 Å². The molecule has 6 unspecified atom stereocenters. The lowest BCUT2D eigenvalue weighted by Crippen LogP contribution is -2.69. The monoisotopic (exact) mass is 863 g/mol. The van der Waals surface area contributed by atoms with E-state index in [0.29, 0.717) is 6.54 Å². The predicted octanol–water partition coefficient (Wildman–Crippen LogP) is -1.13. The van der Waals surface area contributed by atoms with Crippen LogP contribution in [0.25, 0.3) is 10.9 Å². The van der Waals surface area contributed by atoms with Crippen LogP contribution in [0.5, 0.6) is 0 Å². The lowest BCUT2D eigenvalue weighted by molar-refractivity contribution is -0.228. The molecule has 22 nitrogen and oxygen atoms in total. The molecular formula is C39H57N7O15. The van der Waals surface area contributed by atoms with Crippen LogP contribution < -0.4 is 26.7 Å². The number of rotatable bonds is 25. The van der Waals surface area contributed by atoms with Gasteiger partial charge in [0.1, 0.15) is 24.8 Å². The summed E-state index contributed by atoms with van der Waals surface area (Å²) in [6.07, 6.45) is -6.56. The molecule has 1 fully saturated rings. The van der Waals surface area contributed by atoms with Crippen LogP contribution in [0.2, 0.25) is 0 Å². The van der Waals surface area contributed by atoms with Gasteiger partial charge in [0.25, 0.3) is 0 Å². The summed E-state index contributed by atoms with van der Waals surface area (Å²) in [6, 6.07) is 6.90. The normalized spacial score (nSPS) is 19.0. The first kappa shape index (κ1) is 49.7. The molecule has 0 saturated carbocycles. The van der Waals surface area contributed by atoms with Crippen molar-refractivity contribution in [2.45, 2.75) is 96.7 Å². The SMILES string of the molecule is CNN(C)Cc1cc2ccccc2n1CCC(=O)NC(CC(=O)NC1OC(COC(C)=O)C(OC(C)=O)C(OC(C)=O)C1NC(C)=O)C(=O)NCCOCCOCCC(=O)O. The fourth-order valence-corrected chi connectivity index (χ4v) is 6.38. The molecule has 2 heterocycles. The maximum absolute atomic E-state index is 13.8. The summed E-state index contributed by atoms with van der Waals surface area (Å²) in [7, 11) is 3.66. The van der Waals surface area contributed by atoms with Gasteiger partial charge in [-0.2, -0.15) is 0 Å². The summed E-state index contributed by atoms with van der Waals surface area (Å²) in [5, 5.41) is 22.0. The lowest BCUT2D eigenvalue weighted by atomic mass is 9.94. The zero-order valence-electron chi connectivity index (χ0n) is 35.2. The number of para-hydroxylation sites is 1. The molecule has 0 radical (unpaired) electrons. The van der Waals surface area contributed by atoms with Crippen LogP contribution >= 0.6 is 0 Å². The van der Waals surface area contributed by atoms with E-state index in [-0.39, 0.29) is 52.4 Å². The molecule has 22 heteroatoms. The number of benzene rings is 1. The number of hydrazine groups is 1. The minimum atomic E-state index is -1.50. The van der Waals surface area contributed by atoms with E-state index in [2.05, 4.69) is 26.7 Å². The Labute approximate surface area is 352 Å². The lowest BCUT2D eigenvalue weighted by Gasteiger charge is -2.45. The fraction of sp³-hybridized carbons (Fsp3) is 0.590. The van der Waals surface area contributed by atoms with Crippen LogP contribution in [-0.2, 0) is 79.9 Å². The molecule has 6 atom stereocenters. The topological polar surface area (TPSA) is 280 Å². The molecule has 6 N–H and O–H groups in total. The van der Waals surface area contributed by atoms with Gasteiger partial charge in [-0.3, -0.25) is 43.8 Å². The van der Waals surface area contributed by atoms with Crippen LogP contribution in [0, 0.1) is 0 Å². The maximum atomic E-state index is 13.8. The van der Waals surface area contributed by atoms with Gasteiger partial charge in [-0.1, -0.05) is 18.2 Å². The van der Waals surface area contributed by atoms with Gasteiger partial charge in [-0.05, 0) is 24.6 Å². The zero-order valence-corrected chi connectivity index (χ0v) is 35.2. The van der Waals surface area contributed by atoms with E-state index < -0.39 is 97.2 Å². The van der Waals surface area contributed by atoms with Crippen molar-refractivity contribution >= 4 is 58.4 Å². The van der Waals surface area contributed by atoms with Crippen molar-refractivity contribution in [2.75, 3.05) is 53.7 Å². The second-order valence-corrected chi connectivity index (χ2v) is 14.0. The van der Waals surface area contributed by atoms with E-state index in [0.717, 1.165) is 44.3 Å². The van der Waals surface area contributed by atoms with Gasteiger partial charge >= 0.3 is 23.9 Å². The quantitative estimate of drug-likeness (QED) is 0.0298. The average molecular weight is 864 g/mol. The molecule has 1 saturated heterocycles. The number of amides is 4. The number of nitrogens with zero attached hydrogens (tertiary/aromatic N) is 2. The number of hydrogen-bond donors (Lipinski definition) is 6. The number of ether oxygens (including phenoxy) is 6. The van der Waals surface area contributed by atoms with Crippen molar-refractivity contribution in [2.24, 2.45) is 0 Å².